The number of morpholine rings is 1. The van der Waals surface area contributed by atoms with Crippen molar-refractivity contribution < 1.29 is 13.9 Å². The van der Waals surface area contributed by atoms with Crippen LogP contribution >= 0.6 is 0 Å². The Morgan fingerprint density at radius 2 is 2.00 bits per heavy atom. The number of fused-ring (bicyclic) bond motifs is 1. The highest BCUT2D eigenvalue weighted by molar-refractivity contribution is 6.01. The molecule has 0 atom stereocenters. The smallest absolute Gasteiger partial charge is 0.248 e. The fourth-order valence-corrected chi connectivity index (χ4v) is 2.36. The molecule has 2 heterocycles. The minimum absolute atomic E-state index is 0.191. The molecule has 0 radical (unpaired) electrons. The summed E-state index contributed by atoms with van der Waals surface area (Å²) in [7, 11) is 0. The zero-order valence-electron chi connectivity index (χ0n) is 10.8. The quantitative estimate of drug-likeness (QED) is 0.872. The second-order valence-electron chi connectivity index (χ2n) is 4.62. The van der Waals surface area contributed by atoms with Gasteiger partial charge in [-0.05, 0) is 12.1 Å². The highest BCUT2D eigenvalue weighted by Gasteiger charge is 2.18. The number of hydrogen-bond acceptors (Lipinski definition) is 5. The highest BCUT2D eigenvalue weighted by Crippen LogP contribution is 2.27. The van der Waals surface area contributed by atoms with E-state index in [4.69, 9.17) is 14.9 Å². The molecule has 3 rings (SSSR count). The average Bonchev–Trinajstić information content (AvgIpc) is 2.47. The van der Waals surface area contributed by atoms with Gasteiger partial charge in [-0.25, -0.2) is 0 Å². The Kier molecular flexibility index (Phi) is 3.15. The van der Waals surface area contributed by atoms with E-state index in [1.165, 1.54) is 18.4 Å². The van der Waals surface area contributed by atoms with Crippen LogP contribution in [-0.2, 0) is 4.74 Å². The Hall–Kier alpha value is -2.34. The number of ether oxygens (including phenoxy) is 1. The van der Waals surface area contributed by atoms with Gasteiger partial charge in [0, 0.05) is 24.7 Å². The normalized spacial score (nSPS) is 15.5. The molecular weight excluding hydrogens is 260 g/mol. The lowest BCUT2D eigenvalue weighted by Gasteiger charge is -2.29. The molecule has 2 N–H and O–H groups in total. The summed E-state index contributed by atoms with van der Waals surface area (Å²) in [5.74, 6) is -0.565. The third-order valence-corrected chi connectivity index (χ3v) is 3.38. The van der Waals surface area contributed by atoms with Crippen molar-refractivity contribution in [2.24, 2.45) is 5.73 Å². The standard InChI is InChI=1S/C14H14N2O4/c15-14(18)9-7-10-12(17)1-4-20-13(10)11(8-9)16-2-5-19-6-3-16/h1,4,7-8H,2-3,5-6H2,(H2,15,18). The van der Waals surface area contributed by atoms with Gasteiger partial charge < -0.3 is 19.8 Å². The second kappa shape index (κ2) is 4.97. The van der Waals surface area contributed by atoms with E-state index in [1.807, 2.05) is 4.90 Å². The van der Waals surface area contributed by atoms with Gasteiger partial charge in [0.2, 0.25) is 5.91 Å². The molecule has 1 aliphatic rings. The van der Waals surface area contributed by atoms with Crippen LogP contribution in [0.4, 0.5) is 5.69 Å². The van der Waals surface area contributed by atoms with Crippen molar-refractivity contribution in [3.05, 3.63) is 40.2 Å². The van der Waals surface area contributed by atoms with Crippen molar-refractivity contribution in [2.75, 3.05) is 31.2 Å². The number of carbonyl (C=O) groups excluding carboxylic acids is 1. The molecule has 0 unspecified atom stereocenters. The minimum Gasteiger partial charge on any atom is -0.462 e. The summed E-state index contributed by atoms with van der Waals surface area (Å²) in [6, 6.07) is 4.47. The third kappa shape index (κ3) is 2.14. The number of hydrogen-bond donors (Lipinski definition) is 1. The third-order valence-electron chi connectivity index (χ3n) is 3.38. The van der Waals surface area contributed by atoms with Crippen molar-refractivity contribution in [2.45, 2.75) is 0 Å². The first-order valence-corrected chi connectivity index (χ1v) is 6.35. The van der Waals surface area contributed by atoms with Gasteiger partial charge >= 0.3 is 0 Å². The maximum absolute atomic E-state index is 11.9. The number of carbonyl (C=O) groups is 1. The zero-order valence-corrected chi connectivity index (χ0v) is 10.8. The molecule has 1 fully saturated rings. The monoisotopic (exact) mass is 274 g/mol. The van der Waals surface area contributed by atoms with Crippen molar-refractivity contribution in [3.8, 4) is 0 Å². The molecule has 1 aromatic carbocycles. The molecule has 6 nitrogen and oxygen atoms in total. The summed E-state index contributed by atoms with van der Waals surface area (Å²) >= 11 is 0. The Bertz CT molecular complexity index is 717. The number of benzene rings is 1. The molecule has 0 saturated carbocycles. The molecule has 1 aliphatic heterocycles. The van der Waals surface area contributed by atoms with E-state index >= 15 is 0 Å². The maximum Gasteiger partial charge on any atom is 0.248 e. The second-order valence-corrected chi connectivity index (χ2v) is 4.62. The van der Waals surface area contributed by atoms with Gasteiger partial charge in [0.15, 0.2) is 11.0 Å². The average molecular weight is 274 g/mol. The van der Waals surface area contributed by atoms with Gasteiger partial charge in [0.25, 0.3) is 0 Å². The van der Waals surface area contributed by atoms with E-state index in [0.717, 1.165) is 0 Å². The molecule has 1 amide bonds. The van der Waals surface area contributed by atoms with E-state index in [0.29, 0.717) is 48.5 Å². The summed E-state index contributed by atoms with van der Waals surface area (Å²) in [5.41, 5.74) is 6.63. The molecule has 0 spiro atoms. The predicted octanol–water partition coefficient (Wildman–Crippen LogP) is 0.728. The molecule has 0 bridgehead atoms. The van der Waals surface area contributed by atoms with E-state index in [1.54, 1.807) is 6.07 Å². The van der Waals surface area contributed by atoms with Gasteiger partial charge in [-0.1, -0.05) is 0 Å². The lowest BCUT2D eigenvalue weighted by molar-refractivity contribution is 0.100. The molecule has 1 aromatic heterocycles. The van der Waals surface area contributed by atoms with E-state index in [-0.39, 0.29) is 5.43 Å². The van der Waals surface area contributed by atoms with Crippen LogP contribution in [-0.4, -0.2) is 32.2 Å². The Morgan fingerprint density at radius 3 is 2.70 bits per heavy atom. The lowest BCUT2D eigenvalue weighted by Crippen LogP contribution is -2.36. The highest BCUT2D eigenvalue weighted by atomic mass is 16.5. The van der Waals surface area contributed by atoms with E-state index in [2.05, 4.69) is 0 Å². The van der Waals surface area contributed by atoms with Crippen molar-refractivity contribution in [1.29, 1.82) is 0 Å². The van der Waals surface area contributed by atoms with Crippen LogP contribution in [0.3, 0.4) is 0 Å². The summed E-state index contributed by atoms with van der Waals surface area (Å²) in [6.45, 7) is 2.55. The number of primary amides is 1. The minimum atomic E-state index is -0.565. The summed E-state index contributed by atoms with van der Waals surface area (Å²) in [4.78, 5) is 25.4. The fraction of sp³-hybridized carbons (Fsp3) is 0.286. The van der Waals surface area contributed by atoms with E-state index in [9.17, 15) is 9.59 Å². The van der Waals surface area contributed by atoms with Gasteiger partial charge in [0.05, 0.1) is 30.6 Å². The number of nitrogens with two attached hydrogens (primary N) is 1. The van der Waals surface area contributed by atoms with Crippen LogP contribution in [0.15, 0.2) is 33.7 Å². The van der Waals surface area contributed by atoms with Crippen LogP contribution in [0.5, 0.6) is 0 Å². The first-order chi connectivity index (χ1) is 9.66. The maximum atomic E-state index is 11.9. The van der Waals surface area contributed by atoms with Gasteiger partial charge in [0.1, 0.15) is 0 Å². The lowest BCUT2D eigenvalue weighted by atomic mass is 10.1. The van der Waals surface area contributed by atoms with Gasteiger partial charge in [-0.15, -0.1) is 0 Å². The Morgan fingerprint density at radius 1 is 1.25 bits per heavy atom. The molecule has 6 heteroatoms. The van der Waals surface area contributed by atoms with Crippen LogP contribution in [0, 0.1) is 0 Å². The first kappa shape index (κ1) is 12.7. The molecule has 0 aliphatic carbocycles. The molecule has 20 heavy (non-hydrogen) atoms. The van der Waals surface area contributed by atoms with Crippen LogP contribution in [0.2, 0.25) is 0 Å². The zero-order chi connectivity index (χ0) is 14.1. The van der Waals surface area contributed by atoms with Gasteiger partial charge in [-0.3, -0.25) is 9.59 Å². The van der Waals surface area contributed by atoms with Crippen molar-refractivity contribution >= 4 is 22.6 Å². The topological polar surface area (TPSA) is 85.8 Å². The molecule has 2 aromatic rings. The number of amides is 1. The SMILES string of the molecule is NC(=O)c1cc(N2CCOCC2)c2occc(=O)c2c1. The number of nitrogens with zero attached hydrogens (tertiary/aromatic N) is 1. The molecular formula is C14H14N2O4. The molecule has 104 valence electrons. The first-order valence-electron chi connectivity index (χ1n) is 6.35. The van der Waals surface area contributed by atoms with Crippen LogP contribution in [0.1, 0.15) is 10.4 Å². The van der Waals surface area contributed by atoms with Crippen LogP contribution < -0.4 is 16.1 Å². The number of rotatable bonds is 2. The summed E-state index contributed by atoms with van der Waals surface area (Å²) in [6.07, 6.45) is 1.36. The Balaban J connectivity index is 2.25. The van der Waals surface area contributed by atoms with Crippen molar-refractivity contribution in [1.82, 2.24) is 0 Å². The van der Waals surface area contributed by atoms with Gasteiger partial charge in [-0.2, -0.15) is 0 Å². The number of anilines is 1. The summed E-state index contributed by atoms with van der Waals surface area (Å²) < 4.78 is 10.8. The molecule has 1 saturated heterocycles. The van der Waals surface area contributed by atoms with Crippen molar-refractivity contribution in [3.63, 3.8) is 0 Å². The largest absolute Gasteiger partial charge is 0.462 e. The predicted molar refractivity (Wildman–Crippen MR) is 74.0 cm³/mol. The summed E-state index contributed by atoms with van der Waals surface area (Å²) in [5, 5.41) is 0.366. The fourth-order valence-electron chi connectivity index (χ4n) is 2.36. The van der Waals surface area contributed by atoms with Crippen LogP contribution in [0.25, 0.3) is 11.0 Å². The Labute approximate surface area is 114 Å². The van der Waals surface area contributed by atoms with E-state index < -0.39 is 5.91 Å².